The molecule has 0 aliphatic rings. The van der Waals surface area contributed by atoms with Crippen LogP contribution in [-0.2, 0) is 6.54 Å². The van der Waals surface area contributed by atoms with Crippen molar-refractivity contribution in [3.8, 4) is 5.75 Å². The van der Waals surface area contributed by atoms with Gasteiger partial charge in [0.1, 0.15) is 5.75 Å². The molecule has 0 radical (unpaired) electrons. The summed E-state index contributed by atoms with van der Waals surface area (Å²) in [6, 6.07) is 13.8. The lowest BCUT2D eigenvalue weighted by atomic mass is 10.2. The summed E-state index contributed by atoms with van der Waals surface area (Å²) in [5, 5.41) is 3.31. The van der Waals surface area contributed by atoms with Gasteiger partial charge in [-0.2, -0.15) is 0 Å². The molecule has 94 valence electrons. The second-order valence-corrected chi connectivity index (χ2v) is 4.72. The Kier molecular flexibility index (Phi) is 4.10. The van der Waals surface area contributed by atoms with Crippen LogP contribution in [0.1, 0.15) is 5.56 Å². The summed E-state index contributed by atoms with van der Waals surface area (Å²) in [7, 11) is 1.61. The van der Waals surface area contributed by atoms with Gasteiger partial charge in [0.05, 0.1) is 18.5 Å². The van der Waals surface area contributed by atoms with Crippen molar-refractivity contribution in [2.75, 3.05) is 18.2 Å². The van der Waals surface area contributed by atoms with E-state index in [4.69, 9.17) is 10.5 Å². The second-order valence-electron chi connectivity index (χ2n) is 3.87. The lowest BCUT2D eigenvalue weighted by Crippen LogP contribution is -2.04. The van der Waals surface area contributed by atoms with Crippen molar-refractivity contribution in [3.05, 3.63) is 52.5 Å². The van der Waals surface area contributed by atoms with Crippen molar-refractivity contribution >= 4 is 27.3 Å². The molecule has 2 aromatic rings. The number of nitrogens with two attached hydrogens (primary N) is 1. The largest absolute Gasteiger partial charge is 0.495 e. The Balaban J connectivity index is 2.14. The molecule has 3 N–H and O–H groups in total. The zero-order valence-corrected chi connectivity index (χ0v) is 11.7. The molecule has 0 atom stereocenters. The highest BCUT2D eigenvalue weighted by atomic mass is 79.9. The number of para-hydroxylation sites is 1. The third kappa shape index (κ3) is 2.76. The number of hydrogen-bond donors (Lipinski definition) is 2. The van der Waals surface area contributed by atoms with E-state index in [9.17, 15) is 0 Å². The Hall–Kier alpha value is -1.68. The maximum atomic E-state index is 6.00. The van der Waals surface area contributed by atoms with Gasteiger partial charge in [0.15, 0.2) is 0 Å². The molecule has 3 nitrogen and oxygen atoms in total. The standard InChI is InChI=1S/C14H15BrN2O/c1-18-13-8-4-7-12(14(13)16)17-9-10-5-2-3-6-11(10)15/h2-8,17H,9,16H2,1H3. The highest BCUT2D eigenvalue weighted by Gasteiger charge is 2.05. The minimum atomic E-state index is 0.632. The normalized spacial score (nSPS) is 10.1. The van der Waals surface area contributed by atoms with Crippen molar-refractivity contribution in [2.45, 2.75) is 6.54 Å². The average Bonchev–Trinajstić information content (AvgIpc) is 2.39. The molecular weight excluding hydrogens is 292 g/mol. The van der Waals surface area contributed by atoms with Gasteiger partial charge >= 0.3 is 0 Å². The molecule has 4 heteroatoms. The van der Waals surface area contributed by atoms with Crippen LogP contribution in [-0.4, -0.2) is 7.11 Å². The molecule has 0 heterocycles. The Morgan fingerprint density at radius 3 is 2.67 bits per heavy atom. The van der Waals surface area contributed by atoms with Crippen LogP contribution >= 0.6 is 15.9 Å². The summed E-state index contributed by atoms with van der Waals surface area (Å²) >= 11 is 3.52. The number of anilines is 2. The van der Waals surface area contributed by atoms with E-state index in [0.717, 1.165) is 10.2 Å². The van der Waals surface area contributed by atoms with Gasteiger partial charge in [0.25, 0.3) is 0 Å². The van der Waals surface area contributed by atoms with Gasteiger partial charge < -0.3 is 15.8 Å². The van der Waals surface area contributed by atoms with E-state index in [1.165, 1.54) is 5.56 Å². The molecule has 0 aromatic heterocycles. The number of methoxy groups -OCH3 is 1. The van der Waals surface area contributed by atoms with E-state index in [1.807, 2.05) is 36.4 Å². The SMILES string of the molecule is COc1cccc(NCc2ccccc2Br)c1N. The van der Waals surface area contributed by atoms with Crippen molar-refractivity contribution < 1.29 is 4.74 Å². The van der Waals surface area contributed by atoms with Crippen molar-refractivity contribution in [3.63, 3.8) is 0 Å². The van der Waals surface area contributed by atoms with Crippen LogP contribution in [0.2, 0.25) is 0 Å². The first-order valence-electron chi connectivity index (χ1n) is 5.62. The third-order valence-electron chi connectivity index (χ3n) is 2.71. The maximum Gasteiger partial charge on any atom is 0.143 e. The van der Waals surface area contributed by atoms with Gasteiger partial charge in [0.2, 0.25) is 0 Å². The fourth-order valence-corrected chi connectivity index (χ4v) is 2.13. The summed E-state index contributed by atoms with van der Waals surface area (Å²) in [6.45, 7) is 0.707. The Morgan fingerprint density at radius 2 is 1.94 bits per heavy atom. The minimum Gasteiger partial charge on any atom is -0.495 e. The first kappa shape index (κ1) is 12.8. The van der Waals surface area contributed by atoms with Gasteiger partial charge in [0, 0.05) is 11.0 Å². The first-order valence-corrected chi connectivity index (χ1v) is 6.41. The number of ether oxygens (including phenoxy) is 1. The molecule has 2 rings (SSSR count). The van der Waals surface area contributed by atoms with Crippen LogP contribution in [0.25, 0.3) is 0 Å². The van der Waals surface area contributed by atoms with Crippen LogP contribution in [0, 0.1) is 0 Å². The molecule has 0 aliphatic carbocycles. The molecule has 0 saturated heterocycles. The van der Waals surface area contributed by atoms with Gasteiger partial charge in [-0.05, 0) is 23.8 Å². The number of nitrogen functional groups attached to an aromatic ring is 1. The number of rotatable bonds is 4. The van der Waals surface area contributed by atoms with E-state index in [-0.39, 0.29) is 0 Å². The van der Waals surface area contributed by atoms with E-state index < -0.39 is 0 Å². The number of benzene rings is 2. The Labute approximate surface area is 115 Å². The molecule has 0 amide bonds. The summed E-state index contributed by atoms with van der Waals surface area (Å²) < 4.78 is 6.27. The monoisotopic (exact) mass is 306 g/mol. The summed E-state index contributed by atoms with van der Waals surface area (Å²) in [4.78, 5) is 0. The Morgan fingerprint density at radius 1 is 1.17 bits per heavy atom. The lowest BCUT2D eigenvalue weighted by molar-refractivity contribution is 0.417. The average molecular weight is 307 g/mol. The van der Waals surface area contributed by atoms with Gasteiger partial charge in [-0.1, -0.05) is 40.2 Å². The van der Waals surface area contributed by atoms with Gasteiger partial charge in [-0.15, -0.1) is 0 Å². The molecule has 0 unspecified atom stereocenters. The predicted octanol–water partition coefficient (Wildman–Crippen LogP) is 3.65. The van der Waals surface area contributed by atoms with Crippen molar-refractivity contribution in [1.29, 1.82) is 0 Å². The van der Waals surface area contributed by atoms with Crippen molar-refractivity contribution in [2.24, 2.45) is 0 Å². The highest BCUT2D eigenvalue weighted by Crippen LogP contribution is 2.29. The number of halogens is 1. The molecule has 0 bridgehead atoms. The van der Waals surface area contributed by atoms with Crippen LogP contribution in [0.4, 0.5) is 11.4 Å². The van der Waals surface area contributed by atoms with E-state index in [2.05, 4.69) is 27.3 Å². The molecular formula is C14H15BrN2O. The molecule has 0 spiro atoms. The van der Waals surface area contributed by atoms with E-state index in [1.54, 1.807) is 7.11 Å². The molecule has 18 heavy (non-hydrogen) atoms. The minimum absolute atomic E-state index is 0.632. The lowest BCUT2D eigenvalue weighted by Gasteiger charge is -2.12. The quantitative estimate of drug-likeness (QED) is 0.848. The number of nitrogens with one attached hydrogen (secondary N) is 1. The number of hydrogen-bond acceptors (Lipinski definition) is 3. The Bertz CT molecular complexity index is 543. The molecule has 0 fully saturated rings. The van der Waals surface area contributed by atoms with E-state index in [0.29, 0.717) is 18.0 Å². The highest BCUT2D eigenvalue weighted by molar-refractivity contribution is 9.10. The van der Waals surface area contributed by atoms with E-state index >= 15 is 0 Å². The predicted molar refractivity (Wildman–Crippen MR) is 78.9 cm³/mol. The molecule has 0 saturated carbocycles. The van der Waals surface area contributed by atoms with Crippen molar-refractivity contribution in [1.82, 2.24) is 0 Å². The maximum absolute atomic E-state index is 6.00. The summed E-state index contributed by atoms with van der Waals surface area (Å²) in [5.41, 5.74) is 8.69. The zero-order valence-electron chi connectivity index (χ0n) is 10.1. The van der Waals surface area contributed by atoms with Gasteiger partial charge in [-0.3, -0.25) is 0 Å². The topological polar surface area (TPSA) is 47.3 Å². The van der Waals surface area contributed by atoms with Crippen LogP contribution < -0.4 is 15.8 Å². The fraction of sp³-hybridized carbons (Fsp3) is 0.143. The molecule has 2 aromatic carbocycles. The second kappa shape index (κ2) is 5.78. The summed E-state index contributed by atoms with van der Waals surface area (Å²) in [6.07, 6.45) is 0. The smallest absolute Gasteiger partial charge is 0.143 e. The fourth-order valence-electron chi connectivity index (χ4n) is 1.71. The molecule has 0 aliphatic heterocycles. The first-order chi connectivity index (χ1) is 8.72. The zero-order chi connectivity index (χ0) is 13.0. The van der Waals surface area contributed by atoms with Crippen LogP contribution in [0.15, 0.2) is 46.9 Å². The third-order valence-corrected chi connectivity index (χ3v) is 3.49. The van der Waals surface area contributed by atoms with Gasteiger partial charge in [-0.25, -0.2) is 0 Å². The summed E-state index contributed by atoms with van der Waals surface area (Å²) in [5.74, 6) is 0.687. The van der Waals surface area contributed by atoms with Crippen LogP contribution in [0.3, 0.4) is 0 Å². The van der Waals surface area contributed by atoms with Crippen LogP contribution in [0.5, 0.6) is 5.75 Å².